The number of nitrogens with one attached hydrogen (secondary N) is 1. The summed E-state index contributed by atoms with van der Waals surface area (Å²) < 4.78 is 10.6. The maximum atomic E-state index is 10.2. The third-order valence-electron chi connectivity index (χ3n) is 4.13. The minimum Gasteiger partial charge on any atom is -0.427 e. The van der Waals surface area contributed by atoms with Crippen molar-refractivity contribution >= 4 is 7.62 Å². The van der Waals surface area contributed by atoms with Gasteiger partial charge in [0.25, 0.3) is 0 Å². The lowest BCUT2D eigenvalue weighted by atomic mass is 9.98. The largest absolute Gasteiger partial charge is 0.427 e. The SMILES string of the molecule is CO[B]NCCC(O)c1cccc(CCC2CCCCO2)c1. The molecule has 0 saturated carbocycles. The molecule has 1 aliphatic heterocycles. The lowest BCUT2D eigenvalue weighted by Gasteiger charge is -2.22. The highest BCUT2D eigenvalue weighted by Gasteiger charge is 2.14. The van der Waals surface area contributed by atoms with Crippen molar-refractivity contribution in [1.29, 1.82) is 0 Å². The van der Waals surface area contributed by atoms with Gasteiger partial charge in [-0.3, -0.25) is 0 Å². The summed E-state index contributed by atoms with van der Waals surface area (Å²) in [6.45, 7) is 1.60. The van der Waals surface area contributed by atoms with Crippen molar-refractivity contribution < 1.29 is 14.5 Å². The quantitative estimate of drug-likeness (QED) is 0.543. The van der Waals surface area contributed by atoms with Crippen LogP contribution in [0.5, 0.6) is 0 Å². The van der Waals surface area contributed by atoms with Crippen LogP contribution in [-0.2, 0) is 15.8 Å². The van der Waals surface area contributed by atoms with Crippen molar-refractivity contribution in [1.82, 2.24) is 5.23 Å². The summed E-state index contributed by atoms with van der Waals surface area (Å²) in [5.41, 5.74) is 2.27. The third-order valence-corrected chi connectivity index (χ3v) is 4.13. The van der Waals surface area contributed by atoms with Gasteiger partial charge in [-0.25, -0.2) is 0 Å². The summed E-state index contributed by atoms with van der Waals surface area (Å²) in [6, 6.07) is 8.28. The Kier molecular flexibility index (Phi) is 7.95. The van der Waals surface area contributed by atoms with Gasteiger partial charge in [-0.1, -0.05) is 24.3 Å². The Bertz CT molecular complexity index is 424. The Morgan fingerprint density at radius 1 is 1.45 bits per heavy atom. The van der Waals surface area contributed by atoms with Crippen molar-refractivity contribution in [3.05, 3.63) is 35.4 Å². The minimum absolute atomic E-state index is 0.413. The first kappa shape index (κ1) is 17.5. The monoisotopic (exact) mass is 304 g/mol. The number of aryl methyl sites for hydroxylation is 1. The van der Waals surface area contributed by atoms with E-state index in [-0.39, 0.29) is 0 Å². The fourth-order valence-electron chi connectivity index (χ4n) is 2.85. The van der Waals surface area contributed by atoms with E-state index in [9.17, 15) is 5.11 Å². The predicted molar refractivity (Wildman–Crippen MR) is 88.7 cm³/mol. The molecule has 1 radical (unpaired) electrons. The number of aliphatic hydroxyl groups excluding tert-OH is 1. The highest BCUT2D eigenvalue weighted by molar-refractivity contribution is 6.23. The van der Waals surface area contributed by atoms with Crippen LogP contribution < -0.4 is 5.23 Å². The Labute approximate surface area is 134 Å². The van der Waals surface area contributed by atoms with Crippen molar-refractivity contribution in [3.63, 3.8) is 0 Å². The highest BCUT2D eigenvalue weighted by atomic mass is 16.5. The van der Waals surface area contributed by atoms with Gasteiger partial charge in [0.2, 0.25) is 0 Å². The number of aliphatic hydroxyl groups is 1. The number of hydrogen-bond acceptors (Lipinski definition) is 4. The maximum absolute atomic E-state index is 10.2. The van der Waals surface area contributed by atoms with E-state index in [1.165, 1.54) is 32.4 Å². The highest BCUT2D eigenvalue weighted by Crippen LogP contribution is 2.21. The normalized spacial score (nSPS) is 19.8. The molecule has 1 aromatic carbocycles. The Morgan fingerprint density at radius 3 is 3.14 bits per heavy atom. The van der Waals surface area contributed by atoms with Crippen LogP contribution in [0.15, 0.2) is 24.3 Å². The molecule has 121 valence electrons. The Morgan fingerprint density at radius 2 is 2.36 bits per heavy atom. The lowest BCUT2D eigenvalue weighted by molar-refractivity contribution is 0.0115. The van der Waals surface area contributed by atoms with Gasteiger partial charge in [-0.2, -0.15) is 0 Å². The summed E-state index contributed by atoms with van der Waals surface area (Å²) in [5.74, 6) is 0. The van der Waals surface area contributed by atoms with Gasteiger partial charge in [-0.15, -0.1) is 0 Å². The minimum atomic E-state index is -0.441. The van der Waals surface area contributed by atoms with Crippen LogP contribution in [0.1, 0.15) is 49.3 Å². The molecular weight excluding hydrogens is 277 g/mol. The molecule has 0 amide bonds. The van der Waals surface area contributed by atoms with Crippen molar-refractivity contribution in [3.8, 4) is 0 Å². The smallest absolute Gasteiger partial charge is 0.395 e. The molecule has 0 bridgehead atoms. The molecule has 1 heterocycles. The van der Waals surface area contributed by atoms with E-state index in [2.05, 4.69) is 17.4 Å². The first-order valence-corrected chi connectivity index (χ1v) is 8.26. The van der Waals surface area contributed by atoms with Crippen LogP contribution >= 0.6 is 0 Å². The first-order valence-electron chi connectivity index (χ1n) is 8.26. The fraction of sp³-hybridized carbons (Fsp3) is 0.647. The van der Waals surface area contributed by atoms with E-state index in [0.29, 0.717) is 19.1 Å². The summed E-state index contributed by atoms with van der Waals surface area (Å²) in [6.07, 6.45) is 6.39. The van der Waals surface area contributed by atoms with Gasteiger partial charge >= 0.3 is 7.62 Å². The molecule has 1 aliphatic rings. The molecule has 22 heavy (non-hydrogen) atoms. The molecule has 1 fully saturated rings. The van der Waals surface area contributed by atoms with Gasteiger partial charge in [0.15, 0.2) is 0 Å². The van der Waals surface area contributed by atoms with Crippen LogP contribution in [0.2, 0.25) is 0 Å². The molecular formula is C17H27BNO3. The maximum Gasteiger partial charge on any atom is 0.395 e. The molecule has 2 unspecified atom stereocenters. The molecule has 2 rings (SSSR count). The Hall–Kier alpha value is -0.875. The third kappa shape index (κ3) is 6.09. The van der Waals surface area contributed by atoms with Crippen molar-refractivity contribution in [2.24, 2.45) is 0 Å². The van der Waals surface area contributed by atoms with Gasteiger partial charge < -0.3 is 19.7 Å². The molecule has 1 saturated heterocycles. The van der Waals surface area contributed by atoms with Gasteiger partial charge in [0.1, 0.15) is 0 Å². The lowest BCUT2D eigenvalue weighted by Crippen LogP contribution is -2.23. The summed E-state index contributed by atoms with van der Waals surface area (Å²) >= 11 is 0. The molecule has 2 N–H and O–H groups in total. The van der Waals surface area contributed by atoms with Gasteiger partial charge in [0.05, 0.1) is 12.2 Å². The molecule has 2 atom stereocenters. The second-order valence-corrected chi connectivity index (χ2v) is 5.88. The second kappa shape index (κ2) is 10.0. The number of hydrogen-bond donors (Lipinski definition) is 2. The summed E-state index contributed by atoms with van der Waals surface area (Å²) in [7, 11) is 3.14. The standard InChI is InChI=1S/C17H27BNO3/c1-21-18-19-11-10-17(20)15-6-4-5-14(13-15)8-9-16-7-2-3-12-22-16/h4-6,13,16-17,19-20H,2-3,7-12H2,1H3. The van der Waals surface area contributed by atoms with E-state index >= 15 is 0 Å². The predicted octanol–water partition coefficient (Wildman–Crippen LogP) is 2.38. The summed E-state index contributed by atoms with van der Waals surface area (Å²) in [5, 5.41) is 13.2. The van der Waals surface area contributed by atoms with Crippen LogP contribution in [-0.4, -0.2) is 39.1 Å². The van der Waals surface area contributed by atoms with E-state index in [1.54, 1.807) is 7.11 Å². The van der Waals surface area contributed by atoms with Crippen LogP contribution in [0.3, 0.4) is 0 Å². The van der Waals surface area contributed by atoms with Gasteiger partial charge in [0, 0.05) is 13.7 Å². The van der Waals surface area contributed by atoms with E-state index in [0.717, 1.165) is 25.0 Å². The van der Waals surface area contributed by atoms with E-state index in [4.69, 9.17) is 9.39 Å². The zero-order valence-corrected chi connectivity index (χ0v) is 13.5. The van der Waals surface area contributed by atoms with Gasteiger partial charge in [-0.05, 0) is 56.2 Å². The zero-order valence-electron chi connectivity index (χ0n) is 13.5. The van der Waals surface area contributed by atoms with Crippen molar-refractivity contribution in [2.45, 2.75) is 50.7 Å². The first-order chi connectivity index (χ1) is 10.8. The Balaban J connectivity index is 1.78. The molecule has 0 aromatic heterocycles. The average molecular weight is 304 g/mol. The molecule has 4 nitrogen and oxygen atoms in total. The molecule has 0 spiro atoms. The molecule has 1 aromatic rings. The summed E-state index contributed by atoms with van der Waals surface area (Å²) in [4.78, 5) is 0. The van der Waals surface area contributed by atoms with Crippen LogP contribution in [0.25, 0.3) is 0 Å². The zero-order chi connectivity index (χ0) is 15.6. The second-order valence-electron chi connectivity index (χ2n) is 5.88. The van der Waals surface area contributed by atoms with Crippen molar-refractivity contribution in [2.75, 3.05) is 20.3 Å². The van der Waals surface area contributed by atoms with E-state index < -0.39 is 6.10 Å². The number of benzene rings is 1. The number of rotatable bonds is 9. The molecule has 0 aliphatic carbocycles. The topological polar surface area (TPSA) is 50.7 Å². The average Bonchev–Trinajstić information content (AvgIpc) is 2.58. The fourth-order valence-corrected chi connectivity index (χ4v) is 2.85. The van der Waals surface area contributed by atoms with Crippen LogP contribution in [0.4, 0.5) is 0 Å². The molecule has 5 heteroatoms. The van der Waals surface area contributed by atoms with Crippen LogP contribution in [0, 0.1) is 0 Å². The van der Waals surface area contributed by atoms with E-state index in [1.807, 2.05) is 12.1 Å². The number of ether oxygens (including phenoxy) is 1.